The summed E-state index contributed by atoms with van der Waals surface area (Å²) in [6, 6.07) is 5.04. The number of aryl methyl sites for hydroxylation is 1. The van der Waals surface area contributed by atoms with Crippen molar-refractivity contribution in [3.05, 3.63) is 29.5 Å². The Morgan fingerprint density at radius 3 is 2.84 bits per heavy atom. The van der Waals surface area contributed by atoms with E-state index in [0.29, 0.717) is 29.6 Å². The number of ether oxygens (including phenoxy) is 3. The minimum Gasteiger partial charge on any atom is -0.472 e. The molecule has 0 saturated carbocycles. The fourth-order valence-electron chi connectivity index (χ4n) is 2.54. The summed E-state index contributed by atoms with van der Waals surface area (Å²) in [4.78, 5) is 14.4. The molecule has 134 valence electrons. The van der Waals surface area contributed by atoms with Gasteiger partial charge in [0.25, 0.3) is 5.88 Å². The number of rotatable bonds is 7. The van der Waals surface area contributed by atoms with Crippen molar-refractivity contribution in [1.29, 1.82) is 0 Å². The second-order valence-electron chi connectivity index (χ2n) is 5.77. The van der Waals surface area contributed by atoms with E-state index in [1.165, 1.54) is 0 Å². The first-order valence-corrected chi connectivity index (χ1v) is 7.82. The topological polar surface area (TPSA) is 99.0 Å². The van der Waals surface area contributed by atoms with E-state index in [1.54, 1.807) is 6.92 Å². The van der Waals surface area contributed by atoms with Gasteiger partial charge in [0.1, 0.15) is 18.3 Å². The van der Waals surface area contributed by atoms with Crippen molar-refractivity contribution in [3.63, 3.8) is 0 Å². The first kappa shape index (κ1) is 17.0. The molecule has 25 heavy (non-hydrogen) atoms. The Hall–Kier alpha value is -2.81. The van der Waals surface area contributed by atoms with Crippen LogP contribution in [0.1, 0.15) is 17.3 Å². The Morgan fingerprint density at radius 2 is 2.12 bits per heavy atom. The number of hydrogen-bond donors (Lipinski definition) is 1. The molecule has 9 nitrogen and oxygen atoms in total. The lowest BCUT2D eigenvalue weighted by Crippen LogP contribution is -2.38. The highest BCUT2D eigenvalue weighted by molar-refractivity contribution is 5.83. The van der Waals surface area contributed by atoms with Gasteiger partial charge in [0, 0.05) is 0 Å². The molecule has 1 N–H and O–H groups in total. The number of carbonyl (C=O) groups is 1. The van der Waals surface area contributed by atoms with E-state index in [0.717, 1.165) is 5.56 Å². The number of fused-ring (bicyclic) bond motifs is 1. The summed E-state index contributed by atoms with van der Waals surface area (Å²) >= 11 is 0. The molecule has 0 saturated heterocycles. The van der Waals surface area contributed by atoms with Gasteiger partial charge in [0.05, 0.1) is 6.54 Å². The minimum absolute atomic E-state index is 0.137. The van der Waals surface area contributed by atoms with Crippen LogP contribution in [0.25, 0.3) is 0 Å². The molecule has 1 amide bonds. The normalized spacial score (nSPS) is 13.8. The Kier molecular flexibility index (Phi) is 5.03. The number of amides is 1. The molecular formula is C16H20N4O5. The van der Waals surface area contributed by atoms with Crippen molar-refractivity contribution in [2.75, 3.05) is 34.0 Å². The molecule has 0 unspecified atom stereocenters. The predicted molar refractivity (Wildman–Crippen MR) is 86.5 cm³/mol. The molecule has 1 atom stereocenters. The average Bonchev–Trinajstić information content (AvgIpc) is 3.20. The van der Waals surface area contributed by atoms with Crippen LogP contribution in [0.2, 0.25) is 0 Å². The molecule has 0 bridgehead atoms. The second kappa shape index (κ2) is 7.39. The highest BCUT2D eigenvalue weighted by Gasteiger charge is 2.25. The molecule has 2 aromatic rings. The van der Waals surface area contributed by atoms with E-state index in [9.17, 15) is 4.79 Å². The Balaban J connectivity index is 1.58. The fourth-order valence-corrected chi connectivity index (χ4v) is 2.54. The molecule has 1 aromatic heterocycles. The highest BCUT2D eigenvalue weighted by Crippen LogP contribution is 2.35. The number of nitrogens with one attached hydrogen (secondary N) is 1. The maximum absolute atomic E-state index is 12.6. The van der Waals surface area contributed by atoms with E-state index >= 15 is 0 Å². The first-order chi connectivity index (χ1) is 12.1. The summed E-state index contributed by atoms with van der Waals surface area (Å²) in [7, 11) is 3.69. The van der Waals surface area contributed by atoms with E-state index in [-0.39, 0.29) is 19.3 Å². The summed E-state index contributed by atoms with van der Waals surface area (Å²) < 4.78 is 20.6. The maximum atomic E-state index is 12.6. The van der Waals surface area contributed by atoms with Crippen molar-refractivity contribution in [2.24, 2.45) is 0 Å². The number of likely N-dealkylation sites (N-methyl/N-ethyl adjacent to an activating group) is 1. The van der Waals surface area contributed by atoms with Gasteiger partial charge in [-0.3, -0.25) is 9.69 Å². The molecule has 1 aliphatic heterocycles. The van der Waals surface area contributed by atoms with Crippen LogP contribution in [-0.2, 0) is 4.79 Å². The summed E-state index contributed by atoms with van der Waals surface area (Å²) in [5.41, 5.74) is 1.39. The molecular weight excluding hydrogens is 328 g/mol. The van der Waals surface area contributed by atoms with Crippen molar-refractivity contribution < 1.29 is 23.6 Å². The van der Waals surface area contributed by atoms with Crippen LogP contribution < -0.4 is 19.5 Å². The maximum Gasteiger partial charge on any atom is 0.278 e. The van der Waals surface area contributed by atoms with Crippen LogP contribution in [0.15, 0.2) is 22.8 Å². The van der Waals surface area contributed by atoms with Gasteiger partial charge in [0.15, 0.2) is 11.5 Å². The molecule has 9 heteroatoms. The van der Waals surface area contributed by atoms with Crippen LogP contribution in [0.4, 0.5) is 0 Å². The third kappa shape index (κ3) is 3.82. The van der Waals surface area contributed by atoms with Crippen molar-refractivity contribution in [1.82, 2.24) is 20.5 Å². The van der Waals surface area contributed by atoms with E-state index in [2.05, 4.69) is 20.3 Å². The zero-order chi connectivity index (χ0) is 17.8. The average molecular weight is 348 g/mol. The summed E-state index contributed by atoms with van der Waals surface area (Å²) in [5, 5.41) is 10.1. The van der Waals surface area contributed by atoms with Crippen LogP contribution >= 0.6 is 0 Å². The smallest absolute Gasteiger partial charge is 0.278 e. The van der Waals surface area contributed by atoms with Crippen molar-refractivity contribution >= 4 is 5.91 Å². The predicted octanol–water partition coefficient (Wildman–Crippen LogP) is 0.905. The fraction of sp³-hybridized carbons (Fsp3) is 0.438. The molecule has 0 fully saturated rings. The number of benzene rings is 1. The van der Waals surface area contributed by atoms with Crippen molar-refractivity contribution in [3.8, 4) is 17.4 Å². The van der Waals surface area contributed by atoms with Gasteiger partial charge >= 0.3 is 0 Å². The molecule has 0 spiro atoms. The lowest BCUT2D eigenvalue weighted by Gasteiger charge is -2.24. The van der Waals surface area contributed by atoms with Gasteiger partial charge < -0.3 is 19.5 Å². The third-order valence-electron chi connectivity index (χ3n) is 3.73. The van der Waals surface area contributed by atoms with Crippen LogP contribution in [0.5, 0.6) is 17.4 Å². The molecule has 1 aromatic carbocycles. The number of nitrogens with zero attached hydrogens (tertiary/aromatic N) is 3. The number of hydrogen-bond acceptors (Lipinski definition) is 8. The Labute approximate surface area is 144 Å². The molecule has 2 heterocycles. The Bertz CT molecular complexity index is 746. The molecule has 3 rings (SSSR count). The standard InChI is InChI=1S/C16H20N4O5/c1-10-16(19-25-18-10)22-7-6-17-15(21)14(20(2)3)11-4-5-12-13(8-11)24-9-23-12/h4-5,8,14H,6-7,9H2,1-3H3,(H,17,21)/t14-/m1/s1. The van der Waals surface area contributed by atoms with Gasteiger partial charge in [-0.1, -0.05) is 11.2 Å². The zero-order valence-corrected chi connectivity index (χ0v) is 14.3. The van der Waals surface area contributed by atoms with Crippen molar-refractivity contribution in [2.45, 2.75) is 13.0 Å². The minimum atomic E-state index is -0.454. The lowest BCUT2D eigenvalue weighted by atomic mass is 10.0. The van der Waals surface area contributed by atoms with Crippen LogP contribution in [0.3, 0.4) is 0 Å². The molecule has 0 aliphatic carbocycles. The van der Waals surface area contributed by atoms with Crippen LogP contribution in [-0.4, -0.2) is 55.2 Å². The van der Waals surface area contributed by atoms with E-state index in [1.807, 2.05) is 37.2 Å². The SMILES string of the molecule is Cc1nonc1OCCNC(=O)[C@@H](c1ccc2c(c1)OCO2)N(C)C. The monoisotopic (exact) mass is 348 g/mol. The van der Waals surface area contributed by atoms with E-state index < -0.39 is 6.04 Å². The van der Waals surface area contributed by atoms with Gasteiger partial charge in [-0.2, -0.15) is 0 Å². The second-order valence-corrected chi connectivity index (χ2v) is 5.77. The first-order valence-electron chi connectivity index (χ1n) is 7.82. The van der Waals surface area contributed by atoms with Gasteiger partial charge in [-0.25, -0.2) is 4.63 Å². The van der Waals surface area contributed by atoms with Crippen LogP contribution in [0, 0.1) is 6.92 Å². The van der Waals surface area contributed by atoms with E-state index in [4.69, 9.17) is 14.2 Å². The van der Waals surface area contributed by atoms with Gasteiger partial charge in [0.2, 0.25) is 12.7 Å². The quantitative estimate of drug-likeness (QED) is 0.737. The molecule has 1 aliphatic rings. The largest absolute Gasteiger partial charge is 0.472 e. The number of carbonyl (C=O) groups excluding carboxylic acids is 1. The summed E-state index contributed by atoms with van der Waals surface area (Å²) in [6.07, 6.45) is 0. The molecule has 0 radical (unpaired) electrons. The summed E-state index contributed by atoms with van der Waals surface area (Å²) in [6.45, 7) is 2.53. The Morgan fingerprint density at radius 1 is 1.32 bits per heavy atom. The van der Waals surface area contributed by atoms with Gasteiger partial charge in [-0.15, -0.1) is 0 Å². The highest BCUT2D eigenvalue weighted by atomic mass is 16.7. The van der Waals surface area contributed by atoms with Gasteiger partial charge in [-0.05, 0) is 43.9 Å². The lowest BCUT2D eigenvalue weighted by molar-refractivity contribution is -0.125. The summed E-state index contributed by atoms with van der Waals surface area (Å²) in [5.74, 6) is 1.53. The zero-order valence-electron chi connectivity index (χ0n) is 14.3. The number of aromatic nitrogens is 2. The third-order valence-corrected chi connectivity index (χ3v) is 3.73.